The third-order valence-corrected chi connectivity index (χ3v) is 3.20. The van der Waals surface area contributed by atoms with Gasteiger partial charge < -0.3 is 20.9 Å². The van der Waals surface area contributed by atoms with Gasteiger partial charge in [0.25, 0.3) is 0 Å². The molecule has 1 aromatic carbocycles. The summed E-state index contributed by atoms with van der Waals surface area (Å²) >= 11 is 0. The van der Waals surface area contributed by atoms with Crippen LogP contribution in [-0.4, -0.2) is 23.7 Å². The van der Waals surface area contributed by atoms with Gasteiger partial charge in [-0.15, -0.1) is 0 Å². The summed E-state index contributed by atoms with van der Waals surface area (Å²) in [5.74, 6) is 0.842. The van der Waals surface area contributed by atoms with E-state index in [0.717, 1.165) is 0 Å². The molecule has 24 heavy (non-hydrogen) atoms. The van der Waals surface area contributed by atoms with Crippen LogP contribution in [-0.2, 0) is 0 Å². The Morgan fingerprint density at radius 3 is 2.67 bits per heavy atom. The van der Waals surface area contributed by atoms with Crippen LogP contribution in [0.15, 0.2) is 18.2 Å². The summed E-state index contributed by atoms with van der Waals surface area (Å²) in [7, 11) is 1.51. The van der Waals surface area contributed by atoms with Gasteiger partial charge in [0.1, 0.15) is 17.5 Å². The Morgan fingerprint density at radius 1 is 1.21 bits per heavy atom. The van der Waals surface area contributed by atoms with Crippen LogP contribution in [0.1, 0.15) is 18.4 Å². The van der Waals surface area contributed by atoms with Gasteiger partial charge in [-0.3, -0.25) is 0 Å². The molecule has 0 aliphatic rings. The Bertz CT molecular complexity index is 823. The van der Waals surface area contributed by atoms with Crippen LogP contribution in [0.4, 0.5) is 11.8 Å². The average Bonchev–Trinajstić information content (AvgIpc) is 2.58. The second-order valence-corrected chi connectivity index (χ2v) is 4.75. The first kappa shape index (κ1) is 16.8. The van der Waals surface area contributed by atoms with Crippen LogP contribution < -0.4 is 20.9 Å². The van der Waals surface area contributed by atoms with Gasteiger partial charge in [-0.25, -0.2) is 4.98 Å². The summed E-state index contributed by atoms with van der Waals surface area (Å²) in [6.07, 6.45) is 0.939. The number of anilines is 2. The molecule has 0 aliphatic heterocycles. The maximum atomic E-state index is 9.36. The molecule has 122 valence electrons. The maximum absolute atomic E-state index is 9.36. The predicted octanol–water partition coefficient (Wildman–Crippen LogP) is 1.87. The van der Waals surface area contributed by atoms with Crippen molar-refractivity contribution in [3.63, 3.8) is 0 Å². The number of unbranched alkanes of at least 4 members (excludes halogenated alkanes) is 1. The van der Waals surface area contributed by atoms with Crippen molar-refractivity contribution in [2.24, 2.45) is 0 Å². The highest BCUT2D eigenvalue weighted by Crippen LogP contribution is 2.39. The second-order valence-electron chi connectivity index (χ2n) is 4.75. The zero-order valence-corrected chi connectivity index (χ0v) is 13.1. The van der Waals surface area contributed by atoms with Crippen LogP contribution in [0.2, 0.25) is 0 Å². The number of nitriles is 2. The van der Waals surface area contributed by atoms with E-state index in [1.54, 1.807) is 18.2 Å². The minimum atomic E-state index is -0.0419. The molecular formula is C16H16N6O2. The van der Waals surface area contributed by atoms with Crippen LogP contribution in [0, 0.1) is 22.7 Å². The summed E-state index contributed by atoms with van der Waals surface area (Å²) < 4.78 is 11.1. The normalized spacial score (nSPS) is 9.79. The highest BCUT2D eigenvalue weighted by molar-refractivity contribution is 5.79. The number of nitrogens with two attached hydrogens (primary N) is 2. The SMILES string of the molecule is COc1cccc(-c2nc(N)nc(N)c2C#N)c1OCCCC#N. The predicted molar refractivity (Wildman–Crippen MR) is 87.9 cm³/mol. The van der Waals surface area contributed by atoms with Gasteiger partial charge in [0, 0.05) is 12.0 Å². The van der Waals surface area contributed by atoms with E-state index in [2.05, 4.69) is 16.0 Å². The van der Waals surface area contributed by atoms with Gasteiger partial charge in [0.05, 0.1) is 25.5 Å². The number of nitrogens with zero attached hydrogens (tertiary/aromatic N) is 4. The summed E-state index contributed by atoms with van der Waals surface area (Å²) in [6, 6.07) is 9.23. The molecule has 0 aliphatic carbocycles. The number of aromatic nitrogens is 2. The Hall–Kier alpha value is -3.52. The summed E-state index contributed by atoms with van der Waals surface area (Å²) in [4.78, 5) is 7.93. The van der Waals surface area contributed by atoms with Crippen molar-refractivity contribution in [2.75, 3.05) is 25.2 Å². The van der Waals surface area contributed by atoms with Gasteiger partial charge in [-0.2, -0.15) is 15.5 Å². The third kappa shape index (κ3) is 3.45. The first-order valence-corrected chi connectivity index (χ1v) is 7.12. The zero-order valence-electron chi connectivity index (χ0n) is 13.1. The summed E-state index contributed by atoms with van der Waals surface area (Å²) in [5.41, 5.74) is 12.3. The largest absolute Gasteiger partial charge is 0.493 e. The number of para-hydroxylation sites is 1. The number of ether oxygens (including phenoxy) is 2. The lowest BCUT2D eigenvalue weighted by Gasteiger charge is -2.15. The first-order chi connectivity index (χ1) is 11.6. The molecule has 8 heteroatoms. The third-order valence-electron chi connectivity index (χ3n) is 3.20. The standard InChI is InChI=1S/C16H16N6O2/c1-23-12-6-4-5-10(14(12)24-8-3-2-7-17)13-11(9-18)15(19)22-16(20)21-13/h4-6H,2-3,8H2,1H3,(H4,19,20,21,22). The molecule has 0 saturated heterocycles. The van der Waals surface area contributed by atoms with Crippen LogP contribution in [0.5, 0.6) is 11.5 Å². The molecule has 0 bridgehead atoms. The fourth-order valence-corrected chi connectivity index (χ4v) is 2.14. The highest BCUT2D eigenvalue weighted by atomic mass is 16.5. The van der Waals surface area contributed by atoms with Crippen LogP contribution in [0.3, 0.4) is 0 Å². The topological polar surface area (TPSA) is 144 Å². The summed E-state index contributed by atoms with van der Waals surface area (Å²) in [6.45, 7) is 0.318. The average molecular weight is 324 g/mol. The van der Waals surface area contributed by atoms with Crippen LogP contribution >= 0.6 is 0 Å². The maximum Gasteiger partial charge on any atom is 0.222 e. The van der Waals surface area contributed by atoms with Crippen molar-refractivity contribution in [2.45, 2.75) is 12.8 Å². The molecule has 2 aromatic rings. The Kier molecular flexibility index (Phi) is 5.37. The van der Waals surface area contributed by atoms with Crippen molar-refractivity contribution in [1.29, 1.82) is 10.5 Å². The molecule has 0 atom stereocenters. The lowest BCUT2D eigenvalue weighted by molar-refractivity contribution is 0.292. The summed E-state index contributed by atoms with van der Waals surface area (Å²) in [5, 5.41) is 18.0. The van der Waals surface area contributed by atoms with Crippen molar-refractivity contribution in [3.8, 4) is 34.9 Å². The quantitative estimate of drug-likeness (QED) is 0.766. The molecule has 8 nitrogen and oxygen atoms in total. The van der Waals surface area contributed by atoms with Gasteiger partial charge in [-0.05, 0) is 18.6 Å². The van der Waals surface area contributed by atoms with Crippen molar-refractivity contribution in [3.05, 3.63) is 23.8 Å². The minimum absolute atomic E-state index is 0.00162. The molecule has 0 radical (unpaired) electrons. The Morgan fingerprint density at radius 2 is 2.00 bits per heavy atom. The van der Waals surface area contributed by atoms with E-state index >= 15 is 0 Å². The molecule has 0 amide bonds. The number of hydrogen-bond acceptors (Lipinski definition) is 8. The molecule has 1 heterocycles. The molecular weight excluding hydrogens is 308 g/mol. The van der Waals surface area contributed by atoms with E-state index in [-0.39, 0.29) is 23.0 Å². The van der Waals surface area contributed by atoms with Gasteiger partial charge in [0.15, 0.2) is 11.5 Å². The number of hydrogen-bond donors (Lipinski definition) is 2. The second kappa shape index (κ2) is 7.65. The minimum Gasteiger partial charge on any atom is -0.493 e. The highest BCUT2D eigenvalue weighted by Gasteiger charge is 2.19. The van der Waals surface area contributed by atoms with Gasteiger partial charge >= 0.3 is 0 Å². The van der Waals surface area contributed by atoms with E-state index in [4.69, 9.17) is 26.2 Å². The molecule has 2 rings (SSSR count). The number of benzene rings is 1. The molecule has 1 aromatic heterocycles. The molecule has 0 saturated carbocycles. The fourth-order valence-electron chi connectivity index (χ4n) is 2.14. The van der Waals surface area contributed by atoms with Crippen molar-refractivity contribution < 1.29 is 9.47 Å². The van der Waals surface area contributed by atoms with Crippen LogP contribution in [0.25, 0.3) is 11.3 Å². The number of methoxy groups -OCH3 is 1. The molecule has 0 fully saturated rings. The van der Waals surface area contributed by atoms with E-state index in [9.17, 15) is 5.26 Å². The van der Waals surface area contributed by atoms with E-state index in [1.165, 1.54) is 7.11 Å². The monoisotopic (exact) mass is 324 g/mol. The van der Waals surface area contributed by atoms with Crippen molar-refractivity contribution in [1.82, 2.24) is 9.97 Å². The fraction of sp³-hybridized carbons (Fsp3) is 0.250. The molecule has 0 spiro atoms. The smallest absolute Gasteiger partial charge is 0.222 e. The molecule has 0 unspecified atom stereocenters. The Labute approximate surface area is 139 Å². The van der Waals surface area contributed by atoms with E-state index < -0.39 is 0 Å². The van der Waals surface area contributed by atoms with Gasteiger partial charge in [-0.1, -0.05) is 6.07 Å². The molecule has 4 N–H and O–H groups in total. The first-order valence-electron chi connectivity index (χ1n) is 7.12. The number of rotatable bonds is 6. The van der Waals surface area contributed by atoms with E-state index in [0.29, 0.717) is 36.5 Å². The zero-order chi connectivity index (χ0) is 17.5. The number of nitrogen functional groups attached to an aromatic ring is 2. The van der Waals surface area contributed by atoms with E-state index in [1.807, 2.05) is 6.07 Å². The van der Waals surface area contributed by atoms with Gasteiger partial charge in [0.2, 0.25) is 5.95 Å². The lowest BCUT2D eigenvalue weighted by Crippen LogP contribution is -2.07. The van der Waals surface area contributed by atoms with Crippen molar-refractivity contribution >= 4 is 11.8 Å². The lowest BCUT2D eigenvalue weighted by atomic mass is 10.1. The Balaban J connectivity index is 2.55.